The van der Waals surface area contributed by atoms with Crippen molar-refractivity contribution >= 4 is 27.5 Å². The maximum atomic E-state index is 13.1. The Labute approximate surface area is 138 Å². The molecule has 0 atom stereocenters. The first-order valence-electron chi connectivity index (χ1n) is 7.00. The van der Waals surface area contributed by atoms with Gasteiger partial charge in [-0.15, -0.1) is 11.3 Å². The van der Waals surface area contributed by atoms with Crippen LogP contribution in [0, 0.1) is 5.82 Å². The van der Waals surface area contributed by atoms with E-state index in [9.17, 15) is 23.9 Å². The van der Waals surface area contributed by atoms with Crippen molar-refractivity contribution in [2.45, 2.75) is 19.4 Å². The summed E-state index contributed by atoms with van der Waals surface area (Å²) < 4.78 is 13.8. The Hall–Kier alpha value is -2.74. The third kappa shape index (κ3) is 2.35. The minimum absolute atomic E-state index is 0.209. The van der Waals surface area contributed by atoms with Crippen molar-refractivity contribution in [3.63, 3.8) is 0 Å². The minimum Gasteiger partial charge on any atom is -0.480 e. The molecule has 24 heavy (non-hydrogen) atoms. The number of aliphatic carboxylic acids is 1. The quantitative estimate of drug-likeness (QED) is 0.760. The van der Waals surface area contributed by atoms with Gasteiger partial charge in [0.25, 0.3) is 5.56 Å². The van der Waals surface area contributed by atoms with Crippen LogP contribution in [0.3, 0.4) is 0 Å². The summed E-state index contributed by atoms with van der Waals surface area (Å²) in [5.74, 6) is -1.70. The molecule has 0 unspecified atom stereocenters. The van der Waals surface area contributed by atoms with Gasteiger partial charge in [-0.2, -0.15) is 0 Å². The van der Waals surface area contributed by atoms with E-state index < -0.39 is 28.6 Å². The molecule has 2 N–H and O–H groups in total. The van der Waals surface area contributed by atoms with E-state index in [-0.39, 0.29) is 5.39 Å². The second-order valence-electron chi connectivity index (χ2n) is 5.80. The van der Waals surface area contributed by atoms with Crippen molar-refractivity contribution in [1.82, 2.24) is 9.55 Å². The number of nitrogens with zero attached hydrogens (tertiary/aromatic N) is 1. The summed E-state index contributed by atoms with van der Waals surface area (Å²) in [7, 11) is 0. The lowest BCUT2D eigenvalue weighted by atomic mass is 10.0. The molecule has 0 saturated carbocycles. The molecule has 124 valence electrons. The number of aromatic amines is 1. The van der Waals surface area contributed by atoms with Crippen molar-refractivity contribution in [3.8, 4) is 11.1 Å². The number of rotatable bonds is 3. The first-order chi connectivity index (χ1) is 11.2. The molecule has 0 aliphatic rings. The Morgan fingerprint density at radius 2 is 1.88 bits per heavy atom. The second kappa shape index (κ2) is 5.41. The lowest BCUT2D eigenvalue weighted by Crippen LogP contribution is -2.50. The number of benzene rings is 1. The van der Waals surface area contributed by atoms with Crippen LogP contribution in [-0.4, -0.2) is 20.6 Å². The average molecular weight is 348 g/mol. The number of nitrogens with one attached hydrogen (secondary N) is 1. The number of halogens is 1. The van der Waals surface area contributed by atoms with Crippen LogP contribution >= 0.6 is 11.3 Å². The fraction of sp³-hybridized carbons (Fsp3) is 0.188. The lowest BCUT2D eigenvalue weighted by Gasteiger charge is -2.21. The molecule has 0 spiro atoms. The number of aromatic nitrogens is 2. The Kier molecular flexibility index (Phi) is 3.64. The zero-order valence-electron chi connectivity index (χ0n) is 12.8. The highest BCUT2D eigenvalue weighted by molar-refractivity contribution is 7.17. The van der Waals surface area contributed by atoms with Crippen LogP contribution in [0.1, 0.15) is 13.8 Å². The summed E-state index contributed by atoms with van der Waals surface area (Å²) in [5.41, 5.74) is -2.06. The first-order valence-corrected chi connectivity index (χ1v) is 7.88. The molecule has 6 nitrogen and oxygen atoms in total. The molecule has 1 aromatic carbocycles. The fourth-order valence-corrected chi connectivity index (χ4v) is 3.42. The number of hydrogen-bond acceptors (Lipinski definition) is 4. The number of hydrogen-bond donors (Lipinski definition) is 2. The van der Waals surface area contributed by atoms with Crippen molar-refractivity contribution in [1.29, 1.82) is 0 Å². The van der Waals surface area contributed by atoms with Gasteiger partial charge in [-0.3, -0.25) is 9.78 Å². The number of carbonyl (C=O) groups is 1. The van der Waals surface area contributed by atoms with Gasteiger partial charge in [-0.1, -0.05) is 12.1 Å². The minimum atomic E-state index is -1.71. The predicted molar refractivity (Wildman–Crippen MR) is 89.1 cm³/mol. The van der Waals surface area contributed by atoms with Crippen LogP contribution in [-0.2, 0) is 10.3 Å². The van der Waals surface area contributed by atoms with E-state index in [1.807, 2.05) is 0 Å². The van der Waals surface area contributed by atoms with Crippen LogP contribution in [0.4, 0.5) is 4.39 Å². The second-order valence-corrected chi connectivity index (χ2v) is 6.67. The third-order valence-electron chi connectivity index (χ3n) is 3.87. The molecule has 2 aromatic heterocycles. The van der Waals surface area contributed by atoms with Gasteiger partial charge in [0.05, 0.1) is 5.39 Å². The lowest BCUT2D eigenvalue weighted by molar-refractivity contribution is -0.146. The molecular formula is C16H13FN2O4S. The van der Waals surface area contributed by atoms with Gasteiger partial charge < -0.3 is 5.11 Å². The Bertz CT molecular complexity index is 1060. The molecule has 0 aliphatic carbocycles. The molecule has 0 fully saturated rings. The summed E-state index contributed by atoms with van der Waals surface area (Å²) in [5, 5.41) is 11.2. The molecule has 3 aromatic rings. The normalized spacial score (nSPS) is 11.8. The molecular weight excluding hydrogens is 335 g/mol. The van der Waals surface area contributed by atoms with E-state index in [2.05, 4.69) is 4.98 Å². The third-order valence-corrected chi connectivity index (χ3v) is 4.76. The van der Waals surface area contributed by atoms with E-state index >= 15 is 0 Å². The topological polar surface area (TPSA) is 92.2 Å². The number of carboxylic acid groups (broad SMARTS) is 1. The highest BCUT2D eigenvalue weighted by Gasteiger charge is 2.33. The fourth-order valence-electron chi connectivity index (χ4n) is 2.46. The molecule has 0 saturated heterocycles. The first kappa shape index (κ1) is 16.1. The highest BCUT2D eigenvalue weighted by Crippen LogP contribution is 2.30. The van der Waals surface area contributed by atoms with Gasteiger partial charge in [0, 0.05) is 10.9 Å². The van der Waals surface area contributed by atoms with E-state index in [1.165, 1.54) is 38.1 Å². The molecule has 8 heteroatoms. The van der Waals surface area contributed by atoms with Crippen LogP contribution in [0.25, 0.3) is 21.3 Å². The molecule has 0 bridgehead atoms. The molecule has 2 heterocycles. The van der Waals surface area contributed by atoms with E-state index in [1.54, 1.807) is 5.38 Å². The summed E-state index contributed by atoms with van der Waals surface area (Å²) in [6, 6.07) is 5.58. The van der Waals surface area contributed by atoms with Gasteiger partial charge in [0.15, 0.2) is 0 Å². The zero-order chi connectivity index (χ0) is 17.6. The Balaban J connectivity index is 2.37. The maximum absolute atomic E-state index is 13.1. The maximum Gasteiger partial charge on any atom is 0.330 e. The van der Waals surface area contributed by atoms with Gasteiger partial charge in [0.2, 0.25) is 0 Å². The van der Waals surface area contributed by atoms with Crippen molar-refractivity contribution in [2.75, 3.05) is 0 Å². The monoisotopic (exact) mass is 348 g/mol. The van der Waals surface area contributed by atoms with Gasteiger partial charge in [-0.25, -0.2) is 18.5 Å². The molecule has 0 amide bonds. The smallest absolute Gasteiger partial charge is 0.330 e. The molecule has 0 radical (unpaired) electrons. The zero-order valence-corrected chi connectivity index (χ0v) is 13.6. The van der Waals surface area contributed by atoms with Gasteiger partial charge in [-0.05, 0) is 31.5 Å². The predicted octanol–water partition coefficient (Wildman–Crippen LogP) is 2.38. The Morgan fingerprint density at radius 1 is 1.25 bits per heavy atom. The van der Waals surface area contributed by atoms with Gasteiger partial charge >= 0.3 is 11.7 Å². The van der Waals surface area contributed by atoms with Crippen LogP contribution in [0.5, 0.6) is 0 Å². The standard InChI is InChI=1S/C16H13FN2O4S/c1-16(2,14(21)22)19-13(20)11-10(7-24-12(11)18-15(19)23)8-3-5-9(17)6-4-8/h3-7H,1-2H3,(H,18,23)(H,21,22). The highest BCUT2D eigenvalue weighted by atomic mass is 32.1. The molecule has 0 aliphatic heterocycles. The largest absolute Gasteiger partial charge is 0.480 e. The average Bonchev–Trinajstić information content (AvgIpc) is 2.91. The molecule has 3 rings (SSSR count). The van der Waals surface area contributed by atoms with Crippen molar-refractivity contribution in [3.05, 3.63) is 56.3 Å². The van der Waals surface area contributed by atoms with Crippen LogP contribution in [0.2, 0.25) is 0 Å². The number of carboxylic acids is 1. The SMILES string of the molecule is CC(C)(C(=O)O)n1c(=O)[nH]c2scc(-c3ccc(F)cc3)c2c1=O. The summed E-state index contributed by atoms with van der Waals surface area (Å²) in [4.78, 5) is 39.4. The van der Waals surface area contributed by atoms with Gasteiger partial charge in [0.1, 0.15) is 16.2 Å². The van der Waals surface area contributed by atoms with Crippen molar-refractivity contribution in [2.24, 2.45) is 0 Å². The summed E-state index contributed by atoms with van der Waals surface area (Å²) >= 11 is 1.16. The summed E-state index contributed by atoms with van der Waals surface area (Å²) in [6.07, 6.45) is 0. The number of thiophene rings is 1. The van der Waals surface area contributed by atoms with Crippen molar-refractivity contribution < 1.29 is 14.3 Å². The summed E-state index contributed by atoms with van der Waals surface area (Å²) in [6.45, 7) is 2.56. The number of fused-ring (bicyclic) bond motifs is 1. The van der Waals surface area contributed by atoms with E-state index in [0.29, 0.717) is 20.5 Å². The van der Waals surface area contributed by atoms with Crippen LogP contribution in [0.15, 0.2) is 39.2 Å². The Morgan fingerprint density at radius 3 is 2.46 bits per heavy atom. The number of H-pyrrole nitrogens is 1. The van der Waals surface area contributed by atoms with E-state index in [0.717, 1.165) is 11.3 Å². The van der Waals surface area contributed by atoms with E-state index in [4.69, 9.17) is 0 Å². The van der Waals surface area contributed by atoms with Crippen LogP contribution < -0.4 is 11.2 Å².